The number of imidazole rings is 1. The lowest BCUT2D eigenvalue weighted by molar-refractivity contribution is -0.146. The Bertz CT molecular complexity index is 565. The van der Waals surface area contributed by atoms with E-state index in [4.69, 9.17) is 5.11 Å². The van der Waals surface area contributed by atoms with Crippen LogP contribution >= 0.6 is 0 Å². The SMILES string of the molecule is CN1CCCCC1(C)C(=O)N1CCC(c2cncn2CCO)CC1. The number of aliphatic hydroxyl groups is 1. The molecule has 1 aromatic heterocycles. The van der Waals surface area contributed by atoms with Gasteiger partial charge in [0.25, 0.3) is 0 Å². The number of aromatic nitrogens is 2. The Morgan fingerprint density at radius 1 is 1.33 bits per heavy atom. The molecule has 0 spiro atoms. The zero-order valence-electron chi connectivity index (χ0n) is 14.9. The summed E-state index contributed by atoms with van der Waals surface area (Å²) in [5.74, 6) is 0.729. The van der Waals surface area contributed by atoms with Gasteiger partial charge < -0.3 is 14.6 Å². The minimum Gasteiger partial charge on any atom is -0.395 e. The van der Waals surface area contributed by atoms with Crippen molar-refractivity contribution >= 4 is 5.91 Å². The van der Waals surface area contributed by atoms with Gasteiger partial charge in [-0.05, 0) is 52.6 Å². The van der Waals surface area contributed by atoms with Crippen molar-refractivity contribution in [3.63, 3.8) is 0 Å². The molecule has 2 aliphatic heterocycles. The van der Waals surface area contributed by atoms with Crippen LogP contribution in [0, 0.1) is 0 Å². The average Bonchev–Trinajstić information content (AvgIpc) is 3.06. The highest BCUT2D eigenvalue weighted by Crippen LogP contribution is 2.32. The standard InChI is InChI=1S/C18H30N4O2/c1-18(7-3-4-8-20(18)2)17(24)21-9-5-15(6-10-21)16-13-19-14-22(16)11-12-23/h13-15,23H,3-12H2,1-2H3. The van der Waals surface area contributed by atoms with Crippen LogP contribution in [-0.4, -0.2) is 69.2 Å². The van der Waals surface area contributed by atoms with Gasteiger partial charge in [-0.25, -0.2) is 4.98 Å². The summed E-state index contributed by atoms with van der Waals surface area (Å²) < 4.78 is 2.04. The maximum atomic E-state index is 13.1. The fraction of sp³-hybridized carbons (Fsp3) is 0.778. The fourth-order valence-corrected chi connectivity index (χ4v) is 4.21. The van der Waals surface area contributed by atoms with E-state index in [0.29, 0.717) is 18.4 Å². The lowest BCUT2D eigenvalue weighted by Crippen LogP contribution is -2.59. The van der Waals surface area contributed by atoms with Crippen molar-refractivity contribution in [1.29, 1.82) is 0 Å². The second-order valence-corrected chi connectivity index (χ2v) is 7.45. The van der Waals surface area contributed by atoms with Gasteiger partial charge in [0.15, 0.2) is 0 Å². The highest BCUT2D eigenvalue weighted by Gasteiger charge is 2.42. The van der Waals surface area contributed by atoms with Gasteiger partial charge in [0.2, 0.25) is 5.91 Å². The summed E-state index contributed by atoms with van der Waals surface area (Å²) in [6, 6.07) is 0. The number of nitrogens with zero attached hydrogens (tertiary/aromatic N) is 4. The van der Waals surface area contributed by atoms with Crippen LogP contribution in [0.2, 0.25) is 0 Å². The summed E-state index contributed by atoms with van der Waals surface area (Å²) >= 11 is 0. The largest absolute Gasteiger partial charge is 0.395 e. The lowest BCUT2D eigenvalue weighted by atomic mass is 9.86. The van der Waals surface area contributed by atoms with Gasteiger partial charge >= 0.3 is 0 Å². The number of carbonyl (C=O) groups is 1. The number of likely N-dealkylation sites (N-methyl/N-ethyl adjacent to an activating group) is 1. The summed E-state index contributed by atoms with van der Waals surface area (Å²) in [5.41, 5.74) is 0.862. The molecule has 134 valence electrons. The predicted molar refractivity (Wildman–Crippen MR) is 92.8 cm³/mol. The molecule has 0 aromatic carbocycles. The molecule has 0 radical (unpaired) electrons. The minimum atomic E-state index is -0.330. The van der Waals surface area contributed by atoms with Crippen molar-refractivity contribution in [1.82, 2.24) is 19.4 Å². The number of amides is 1. The first-order chi connectivity index (χ1) is 11.6. The molecule has 0 saturated carbocycles. The van der Waals surface area contributed by atoms with Crippen molar-refractivity contribution in [2.24, 2.45) is 0 Å². The number of likely N-dealkylation sites (tertiary alicyclic amines) is 2. The molecule has 1 amide bonds. The van der Waals surface area contributed by atoms with Crippen LogP contribution in [0.25, 0.3) is 0 Å². The van der Waals surface area contributed by atoms with Crippen molar-refractivity contribution < 1.29 is 9.90 Å². The third-order valence-corrected chi connectivity index (χ3v) is 6.00. The van der Waals surface area contributed by atoms with E-state index < -0.39 is 0 Å². The molecule has 1 N–H and O–H groups in total. The van der Waals surface area contributed by atoms with Crippen molar-refractivity contribution in [3.8, 4) is 0 Å². The molecule has 3 heterocycles. The normalized spacial score (nSPS) is 26.7. The van der Waals surface area contributed by atoms with Gasteiger partial charge in [-0.1, -0.05) is 0 Å². The molecule has 2 saturated heterocycles. The molecule has 1 aromatic rings. The predicted octanol–water partition coefficient (Wildman–Crippen LogP) is 1.46. The summed E-state index contributed by atoms with van der Waals surface area (Å²) in [5, 5.41) is 9.17. The smallest absolute Gasteiger partial charge is 0.242 e. The molecule has 24 heavy (non-hydrogen) atoms. The van der Waals surface area contributed by atoms with E-state index in [9.17, 15) is 4.79 Å². The Balaban J connectivity index is 1.62. The van der Waals surface area contributed by atoms with E-state index in [1.807, 2.05) is 10.8 Å². The van der Waals surface area contributed by atoms with Crippen molar-refractivity contribution in [2.75, 3.05) is 33.3 Å². The molecule has 0 aliphatic carbocycles. The van der Waals surface area contributed by atoms with E-state index in [-0.39, 0.29) is 12.1 Å². The second-order valence-electron chi connectivity index (χ2n) is 7.45. The lowest BCUT2D eigenvalue weighted by Gasteiger charge is -2.45. The van der Waals surface area contributed by atoms with Crippen LogP contribution in [0.4, 0.5) is 0 Å². The minimum absolute atomic E-state index is 0.130. The number of hydrogen-bond donors (Lipinski definition) is 1. The van der Waals surface area contributed by atoms with Gasteiger partial charge in [-0.3, -0.25) is 9.69 Å². The summed E-state index contributed by atoms with van der Waals surface area (Å²) in [6.45, 7) is 5.48. The molecular weight excluding hydrogens is 304 g/mol. The van der Waals surface area contributed by atoms with E-state index >= 15 is 0 Å². The number of hydrogen-bond acceptors (Lipinski definition) is 4. The monoisotopic (exact) mass is 334 g/mol. The van der Waals surface area contributed by atoms with Gasteiger partial charge in [-0.2, -0.15) is 0 Å². The molecule has 2 fully saturated rings. The Morgan fingerprint density at radius 2 is 2.08 bits per heavy atom. The first kappa shape index (κ1) is 17.4. The van der Waals surface area contributed by atoms with E-state index in [1.165, 1.54) is 12.1 Å². The van der Waals surface area contributed by atoms with Crippen LogP contribution in [-0.2, 0) is 11.3 Å². The third-order valence-electron chi connectivity index (χ3n) is 6.00. The molecule has 2 aliphatic rings. The quantitative estimate of drug-likeness (QED) is 0.905. The van der Waals surface area contributed by atoms with E-state index in [2.05, 4.69) is 28.8 Å². The zero-order valence-corrected chi connectivity index (χ0v) is 14.9. The summed E-state index contributed by atoms with van der Waals surface area (Å²) in [4.78, 5) is 21.6. The third kappa shape index (κ3) is 3.22. The first-order valence-corrected chi connectivity index (χ1v) is 9.18. The van der Waals surface area contributed by atoms with Gasteiger partial charge in [0.05, 0.1) is 18.5 Å². The number of carbonyl (C=O) groups excluding carboxylic acids is 1. The first-order valence-electron chi connectivity index (χ1n) is 9.18. The molecule has 6 heteroatoms. The summed E-state index contributed by atoms with van der Waals surface area (Å²) in [7, 11) is 2.08. The Hall–Kier alpha value is -1.40. The number of aliphatic hydroxyl groups excluding tert-OH is 1. The van der Waals surface area contributed by atoms with Gasteiger partial charge in [0.1, 0.15) is 0 Å². The molecule has 6 nitrogen and oxygen atoms in total. The number of piperidine rings is 2. The van der Waals surface area contributed by atoms with Crippen LogP contribution < -0.4 is 0 Å². The fourth-order valence-electron chi connectivity index (χ4n) is 4.21. The molecular formula is C18H30N4O2. The maximum Gasteiger partial charge on any atom is 0.242 e. The number of rotatable bonds is 4. The molecule has 0 bridgehead atoms. The van der Waals surface area contributed by atoms with Crippen LogP contribution in [0.3, 0.4) is 0 Å². The topological polar surface area (TPSA) is 61.6 Å². The van der Waals surface area contributed by atoms with Gasteiger partial charge in [-0.15, -0.1) is 0 Å². The molecule has 1 atom stereocenters. The van der Waals surface area contributed by atoms with Crippen LogP contribution in [0.15, 0.2) is 12.5 Å². The molecule has 1 unspecified atom stereocenters. The Morgan fingerprint density at radius 3 is 2.75 bits per heavy atom. The highest BCUT2D eigenvalue weighted by atomic mass is 16.3. The molecule has 3 rings (SSSR count). The van der Waals surface area contributed by atoms with Crippen molar-refractivity contribution in [3.05, 3.63) is 18.2 Å². The average molecular weight is 334 g/mol. The van der Waals surface area contributed by atoms with E-state index in [1.54, 1.807) is 6.33 Å². The van der Waals surface area contributed by atoms with Crippen molar-refractivity contribution in [2.45, 2.75) is 57.0 Å². The Kier molecular flexibility index (Phi) is 5.25. The summed E-state index contributed by atoms with van der Waals surface area (Å²) in [6.07, 6.45) is 8.95. The van der Waals surface area contributed by atoms with Crippen LogP contribution in [0.1, 0.15) is 50.6 Å². The highest BCUT2D eigenvalue weighted by molar-refractivity contribution is 5.86. The van der Waals surface area contributed by atoms with Gasteiger partial charge in [0, 0.05) is 37.4 Å². The van der Waals surface area contributed by atoms with Crippen LogP contribution in [0.5, 0.6) is 0 Å². The Labute approximate surface area is 144 Å². The second kappa shape index (κ2) is 7.23. The maximum absolute atomic E-state index is 13.1. The zero-order chi connectivity index (χ0) is 17.2. The van der Waals surface area contributed by atoms with E-state index in [0.717, 1.165) is 45.3 Å².